The molecule has 0 spiro atoms. The zero-order valence-corrected chi connectivity index (χ0v) is 16.7. The molecule has 3 rings (SSSR count). The van der Waals surface area contributed by atoms with E-state index in [1.165, 1.54) is 0 Å². The van der Waals surface area contributed by atoms with Gasteiger partial charge in [-0.25, -0.2) is 0 Å². The van der Waals surface area contributed by atoms with Crippen LogP contribution in [0, 0.1) is 0 Å². The van der Waals surface area contributed by atoms with Crippen LogP contribution in [0.3, 0.4) is 0 Å². The predicted molar refractivity (Wildman–Crippen MR) is 112 cm³/mol. The first-order valence-corrected chi connectivity index (χ1v) is 10.4. The van der Waals surface area contributed by atoms with Crippen LogP contribution in [0.5, 0.6) is 5.75 Å². The normalized spacial score (nSPS) is 12.8. The summed E-state index contributed by atoms with van der Waals surface area (Å²) in [5.74, 6) is 0.970. The molecule has 0 saturated carbocycles. The van der Waals surface area contributed by atoms with E-state index in [0.29, 0.717) is 16.2 Å². The average molecular weight is 394 g/mol. The molecule has 0 fully saturated rings. The molecule has 0 aliphatic carbocycles. The van der Waals surface area contributed by atoms with Crippen molar-refractivity contribution in [1.82, 2.24) is 5.32 Å². The van der Waals surface area contributed by atoms with E-state index in [4.69, 9.17) is 4.74 Å². The highest BCUT2D eigenvalue weighted by atomic mass is 32.2. The number of benzene rings is 3. The minimum absolute atomic E-state index is 0.248. The molecular weight excluding hydrogens is 370 g/mol. The molecule has 0 heterocycles. The van der Waals surface area contributed by atoms with Crippen LogP contribution < -0.4 is 10.1 Å². The lowest BCUT2D eigenvalue weighted by molar-refractivity contribution is 0.0940. The van der Waals surface area contributed by atoms with Crippen LogP contribution in [0.4, 0.5) is 0 Å². The number of methoxy groups -OCH3 is 1. The second-order valence-electron chi connectivity index (χ2n) is 6.22. The molecule has 4 nitrogen and oxygen atoms in total. The largest absolute Gasteiger partial charge is 0.497 e. The van der Waals surface area contributed by atoms with Gasteiger partial charge in [0.25, 0.3) is 5.91 Å². The third kappa shape index (κ3) is 4.49. The topological polar surface area (TPSA) is 55.4 Å². The maximum Gasteiger partial charge on any atom is 0.253 e. The van der Waals surface area contributed by atoms with Crippen molar-refractivity contribution in [2.24, 2.45) is 0 Å². The van der Waals surface area contributed by atoms with E-state index in [0.717, 1.165) is 16.9 Å². The van der Waals surface area contributed by atoms with Crippen LogP contribution in [-0.4, -0.2) is 23.0 Å². The molecule has 2 atom stereocenters. The molecule has 5 heteroatoms. The molecular formula is C23H23NO3S. The molecule has 0 aliphatic rings. The van der Waals surface area contributed by atoms with Gasteiger partial charge in [-0.15, -0.1) is 0 Å². The van der Waals surface area contributed by atoms with Gasteiger partial charge >= 0.3 is 0 Å². The fourth-order valence-electron chi connectivity index (χ4n) is 3.02. The lowest BCUT2D eigenvalue weighted by Gasteiger charge is -2.21. The van der Waals surface area contributed by atoms with Crippen molar-refractivity contribution in [1.29, 1.82) is 0 Å². The van der Waals surface area contributed by atoms with E-state index in [1.54, 1.807) is 31.4 Å². The van der Waals surface area contributed by atoms with Crippen molar-refractivity contribution in [3.8, 4) is 5.75 Å². The fourth-order valence-corrected chi connectivity index (χ4v) is 3.97. The molecule has 3 aromatic rings. The van der Waals surface area contributed by atoms with Crippen LogP contribution in [0.15, 0.2) is 83.8 Å². The van der Waals surface area contributed by atoms with Gasteiger partial charge in [-0.3, -0.25) is 9.00 Å². The summed E-state index contributed by atoms with van der Waals surface area (Å²) in [6, 6.07) is 24.1. The van der Waals surface area contributed by atoms with Gasteiger partial charge in [-0.05, 0) is 35.4 Å². The van der Waals surface area contributed by atoms with Crippen LogP contribution in [0.25, 0.3) is 0 Å². The Bertz CT molecular complexity index is 955. The Balaban J connectivity index is 1.96. The second kappa shape index (κ2) is 9.33. The summed E-state index contributed by atoms with van der Waals surface area (Å²) in [5, 5.41) is 3.11. The minimum atomic E-state index is -1.21. The number of amides is 1. The third-order valence-corrected chi connectivity index (χ3v) is 5.87. The molecule has 1 N–H and O–H groups in total. The maximum atomic E-state index is 13.1. The van der Waals surface area contributed by atoms with E-state index < -0.39 is 10.8 Å². The van der Waals surface area contributed by atoms with Crippen LogP contribution in [0.2, 0.25) is 0 Å². The number of nitrogens with one attached hydrogen (secondary N) is 1. The fraction of sp³-hybridized carbons (Fsp3) is 0.174. The van der Waals surface area contributed by atoms with Crippen LogP contribution in [0.1, 0.15) is 34.5 Å². The van der Waals surface area contributed by atoms with Crippen molar-refractivity contribution in [2.75, 3.05) is 12.9 Å². The quantitative estimate of drug-likeness (QED) is 0.650. The molecule has 0 saturated heterocycles. The molecule has 0 aliphatic heterocycles. The molecule has 28 heavy (non-hydrogen) atoms. The van der Waals surface area contributed by atoms with Gasteiger partial charge in [0.05, 0.1) is 34.4 Å². The second-order valence-corrected chi connectivity index (χ2v) is 7.93. The van der Waals surface area contributed by atoms with Crippen molar-refractivity contribution < 1.29 is 13.7 Å². The molecule has 0 bridgehead atoms. The summed E-state index contributed by atoms with van der Waals surface area (Å²) in [7, 11) is 0.413. The minimum Gasteiger partial charge on any atom is -0.497 e. The smallest absolute Gasteiger partial charge is 0.253 e. The Morgan fingerprint density at radius 3 is 2.18 bits per heavy atom. The SMILES string of the molecule is CC[S@](=O)c1ccccc1C(=O)N[C@@H](c1ccccc1)c1ccc(OC)cc1. The zero-order valence-electron chi connectivity index (χ0n) is 15.9. The summed E-state index contributed by atoms with van der Waals surface area (Å²) in [6.07, 6.45) is 0. The summed E-state index contributed by atoms with van der Waals surface area (Å²) >= 11 is 0. The monoisotopic (exact) mass is 393 g/mol. The highest BCUT2D eigenvalue weighted by Crippen LogP contribution is 2.25. The molecule has 0 unspecified atom stereocenters. The molecule has 3 aromatic carbocycles. The number of carbonyl (C=O) groups is 1. The van der Waals surface area contributed by atoms with Gasteiger partial charge in [0.1, 0.15) is 5.75 Å². The van der Waals surface area contributed by atoms with Gasteiger partial charge in [-0.1, -0.05) is 61.5 Å². The van der Waals surface area contributed by atoms with Crippen molar-refractivity contribution in [3.63, 3.8) is 0 Å². The third-order valence-electron chi connectivity index (χ3n) is 4.50. The average Bonchev–Trinajstić information content (AvgIpc) is 2.77. The number of rotatable bonds is 7. The lowest BCUT2D eigenvalue weighted by Crippen LogP contribution is -2.30. The van der Waals surface area contributed by atoms with Gasteiger partial charge in [-0.2, -0.15) is 0 Å². The van der Waals surface area contributed by atoms with Crippen molar-refractivity contribution in [3.05, 3.63) is 95.6 Å². The summed E-state index contributed by atoms with van der Waals surface area (Å²) < 4.78 is 17.6. The van der Waals surface area contributed by atoms with Crippen molar-refractivity contribution in [2.45, 2.75) is 17.9 Å². The highest BCUT2D eigenvalue weighted by molar-refractivity contribution is 7.85. The first kappa shape index (κ1) is 19.8. The lowest BCUT2D eigenvalue weighted by atomic mass is 9.98. The maximum absolute atomic E-state index is 13.1. The van der Waals surface area contributed by atoms with E-state index in [2.05, 4.69) is 5.32 Å². The Morgan fingerprint density at radius 2 is 1.54 bits per heavy atom. The first-order valence-electron chi connectivity index (χ1n) is 9.11. The van der Waals surface area contributed by atoms with Crippen LogP contribution in [-0.2, 0) is 10.8 Å². The van der Waals surface area contributed by atoms with E-state index in [-0.39, 0.29) is 11.9 Å². The molecule has 1 amide bonds. The highest BCUT2D eigenvalue weighted by Gasteiger charge is 2.21. The molecule has 0 radical (unpaired) electrons. The van der Waals surface area contributed by atoms with E-state index in [1.807, 2.05) is 61.5 Å². The van der Waals surface area contributed by atoms with Gasteiger partial charge in [0.15, 0.2) is 0 Å². The zero-order chi connectivity index (χ0) is 19.9. The van der Waals surface area contributed by atoms with Gasteiger partial charge in [0.2, 0.25) is 0 Å². The first-order chi connectivity index (χ1) is 13.6. The Labute approximate surface area is 168 Å². The summed E-state index contributed by atoms with van der Waals surface area (Å²) in [6.45, 7) is 1.84. The molecule has 144 valence electrons. The van der Waals surface area contributed by atoms with Gasteiger partial charge < -0.3 is 10.1 Å². The Hall–Kier alpha value is -2.92. The summed E-state index contributed by atoms with van der Waals surface area (Å²) in [5.41, 5.74) is 2.35. The Kier molecular flexibility index (Phi) is 6.61. The Morgan fingerprint density at radius 1 is 0.929 bits per heavy atom. The standard InChI is InChI=1S/C23H23NO3S/c1-3-28(26)21-12-8-7-11-20(21)23(25)24-22(17-9-5-4-6-10-17)18-13-15-19(27-2)16-14-18/h4-16,22H,3H2,1-2H3,(H,24,25)/t22-,28-/m0/s1. The molecule has 0 aromatic heterocycles. The summed E-state index contributed by atoms with van der Waals surface area (Å²) in [4.78, 5) is 13.7. The number of hydrogen-bond acceptors (Lipinski definition) is 3. The predicted octanol–water partition coefficient (Wildman–Crippen LogP) is 4.34. The van der Waals surface area contributed by atoms with Crippen LogP contribution >= 0.6 is 0 Å². The van der Waals surface area contributed by atoms with Gasteiger partial charge in [0, 0.05) is 5.75 Å². The van der Waals surface area contributed by atoms with E-state index in [9.17, 15) is 9.00 Å². The van der Waals surface area contributed by atoms with E-state index >= 15 is 0 Å². The number of carbonyl (C=O) groups excluding carboxylic acids is 1. The number of hydrogen-bond donors (Lipinski definition) is 1. The number of ether oxygens (including phenoxy) is 1. The van der Waals surface area contributed by atoms with Crippen molar-refractivity contribution >= 4 is 16.7 Å².